The van der Waals surface area contributed by atoms with Crippen LogP contribution in [0.25, 0.3) is 0 Å². The third-order valence-corrected chi connectivity index (χ3v) is 16.1. The van der Waals surface area contributed by atoms with Crippen molar-refractivity contribution in [2.75, 3.05) is 13.2 Å². The highest BCUT2D eigenvalue weighted by molar-refractivity contribution is 5.83. The zero-order chi connectivity index (χ0) is 41.3. The van der Waals surface area contributed by atoms with E-state index in [4.69, 9.17) is 20.8 Å². The molecule has 5 saturated carbocycles. The SMILES string of the molecule is C=C1C2C[C@@]3(C)C[C@]3(O)[C@H](O)[C@]2(COC(=O)C=C(C)C)[C@H](O)C[C@@]1(C)C1(C)CCC2[C@](C)(CC[C@H](OC(=O)C=C(C)C)[C@]2(C)COC(=O)C=C(C)C)C1CC. The number of allylic oxidation sites excluding steroid dienone is 4. The van der Waals surface area contributed by atoms with Crippen LogP contribution in [0.1, 0.15) is 134 Å². The zero-order valence-corrected chi connectivity index (χ0v) is 35.8. The first kappa shape index (κ1) is 43.4. The van der Waals surface area contributed by atoms with Gasteiger partial charge in [0.1, 0.15) is 19.3 Å². The van der Waals surface area contributed by atoms with E-state index in [0.29, 0.717) is 25.7 Å². The zero-order valence-electron chi connectivity index (χ0n) is 35.8. The lowest BCUT2D eigenvalue weighted by Gasteiger charge is -2.70. The molecule has 0 saturated heterocycles. The number of aliphatic hydroxyl groups excluding tert-OH is 2. The summed E-state index contributed by atoms with van der Waals surface area (Å²) in [4.78, 5) is 38.9. The number of aliphatic hydroxyl groups is 3. The van der Waals surface area contributed by atoms with Gasteiger partial charge < -0.3 is 29.5 Å². The van der Waals surface area contributed by atoms with Crippen LogP contribution in [0, 0.1) is 50.2 Å². The Morgan fingerprint density at radius 1 is 0.800 bits per heavy atom. The minimum Gasteiger partial charge on any atom is -0.462 e. The van der Waals surface area contributed by atoms with Crippen molar-refractivity contribution in [2.24, 2.45) is 50.2 Å². The smallest absolute Gasteiger partial charge is 0.330 e. The molecule has 5 aliphatic rings. The number of rotatable bonds is 10. The summed E-state index contributed by atoms with van der Waals surface area (Å²) in [5.41, 5.74) is -1.68. The molecule has 9 heteroatoms. The first-order valence-electron chi connectivity index (χ1n) is 20.6. The molecule has 3 N–H and O–H groups in total. The van der Waals surface area contributed by atoms with E-state index in [1.807, 2.05) is 48.5 Å². The van der Waals surface area contributed by atoms with E-state index in [0.717, 1.165) is 48.0 Å². The second kappa shape index (κ2) is 14.6. The average molecular weight is 767 g/mol. The Morgan fingerprint density at radius 3 is 1.89 bits per heavy atom. The molecule has 9 nitrogen and oxygen atoms in total. The fourth-order valence-corrected chi connectivity index (χ4v) is 13.0. The summed E-state index contributed by atoms with van der Waals surface area (Å²) in [6.07, 6.45) is 6.66. The van der Waals surface area contributed by atoms with Crippen LogP contribution in [-0.2, 0) is 28.6 Å². The molecule has 0 aliphatic heterocycles. The van der Waals surface area contributed by atoms with Crippen LogP contribution in [0.2, 0.25) is 0 Å². The standard InChI is InChI=1S/C46H70O9/c1-14-32-41(10)17-16-35(55-38(50)21-29(6)7)42(11,25-53-36(48)19-27(2)3)33(41)15-18-43(32,12)44(13)23-34(47)45(26-54-37(49)20-28(4)5)31(30(44)8)22-40(9)24-46(40,52)39(45)51/h19-21,31-35,39,47,51-52H,8,14-18,22-26H2,1-7,9-13H3/t31?,32?,33?,34-,35+,39-,40+,41-,42-,43?,44-,45+,46+/m1/s1. The summed E-state index contributed by atoms with van der Waals surface area (Å²) >= 11 is 0. The topological polar surface area (TPSA) is 140 Å². The van der Waals surface area contributed by atoms with Crippen LogP contribution in [0.5, 0.6) is 0 Å². The number of hydrogen-bond acceptors (Lipinski definition) is 9. The van der Waals surface area contributed by atoms with Gasteiger partial charge in [0.2, 0.25) is 0 Å². The molecular weight excluding hydrogens is 696 g/mol. The number of ether oxygens (including phenoxy) is 3. The average Bonchev–Trinajstić information content (AvgIpc) is 3.64. The maximum absolute atomic E-state index is 13.1. The highest BCUT2D eigenvalue weighted by atomic mass is 16.6. The van der Waals surface area contributed by atoms with Crippen molar-refractivity contribution >= 4 is 17.9 Å². The molecule has 5 aliphatic carbocycles. The van der Waals surface area contributed by atoms with Gasteiger partial charge in [-0.25, -0.2) is 14.4 Å². The molecule has 0 aromatic carbocycles. The molecule has 0 aromatic rings. The van der Waals surface area contributed by atoms with Gasteiger partial charge in [-0.05, 0) is 120 Å². The van der Waals surface area contributed by atoms with Crippen molar-refractivity contribution in [3.8, 4) is 0 Å². The maximum Gasteiger partial charge on any atom is 0.330 e. The monoisotopic (exact) mass is 767 g/mol. The molecule has 0 spiro atoms. The van der Waals surface area contributed by atoms with Crippen LogP contribution >= 0.6 is 0 Å². The predicted molar refractivity (Wildman–Crippen MR) is 212 cm³/mol. The van der Waals surface area contributed by atoms with Crippen LogP contribution in [0.4, 0.5) is 0 Å². The van der Waals surface area contributed by atoms with E-state index in [1.54, 1.807) is 0 Å². The first-order chi connectivity index (χ1) is 25.3. The molecule has 55 heavy (non-hydrogen) atoms. The summed E-state index contributed by atoms with van der Waals surface area (Å²) < 4.78 is 18.1. The Morgan fingerprint density at radius 2 is 1.35 bits per heavy atom. The number of hydrogen-bond donors (Lipinski definition) is 3. The fourth-order valence-electron chi connectivity index (χ4n) is 13.0. The Labute approximate surface area is 330 Å². The van der Waals surface area contributed by atoms with Gasteiger partial charge in [-0.2, -0.15) is 0 Å². The minimum absolute atomic E-state index is 0.0478. The lowest BCUT2D eigenvalue weighted by molar-refractivity contribution is -0.250. The van der Waals surface area contributed by atoms with Gasteiger partial charge in [0.05, 0.1) is 23.2 Å². The molecule has 0 bridgehead atoms. The third-order valence-electron chi connectivity index (χ3n) is 16.1. The largest absolute Gasteiger partial charge is 0.462 e. The van der Waals surface area contributed by atoms with Crippen molar-refractivity contribution in [2.45, 2.75) is 158 Å². The van der Waals surface area contributed by atoms with Crippen LogP contribution < -0.4 is 0 Å². The van der Waals surface area contributed by atoms with E-state index in [-0.39, 0.29) is 41.8 Å². The molecule has 4 unspecified atom stereocenters. The Kier molecular flexibility index (Phi) is 11.5. The van der Waals surface area contributed by atoms with Crippen LogP contribution in [0.15, 0.2) is 47.1 Å². The van der Waals surface area contributed by atoms with Gasteiger partial charge in [0.15, 0.2) is 0 Å². The summed E-state index contributed by atoms with van der Waals surface area (Å²) in [5.74, 6) is -1.55. The molecule has 5 fully saturated rings. The predicted octanol–water partition coefficient (Wildman–Crippen LogP) is 7.97. The number of esters is 3. The van der Waals surface area contributed by atoms with Gasteiger partial charge in [-0.3, -0.25) is 0 Å². The first-order valence-corrected chi connectivity index (χ1v) is 20.6. The Hall–Kier alpha value is -2.75. The quantitative estimate of drug-likeness (QED) is 0.0875. The van der Waals surface area contributed by atoms with Crippen molar-refractivity contribution in [3.05, 3.63) is 47.1 Å². The number of carbonyl (C=O) groups excluding carboxylic acids is 3. The molecule has 13 atom stereocenters. The normalized spacial score (nSPS) is 44.4. The molecule has 308 valence electrons. The van der Waals surface area contributed by atoms with E-state index >= 15 is 0 Å². The highest BCUT2D eigenvalue weighted by Gasteiger charge is 2.80. The molecule has 5 rings (SSSR count). The van der Waals surface area contributed by atoms with E-state index in [9.17, 15) is 29.7 Å². The summed E-state index contributed by atoms with van der Waals surface area (Å²) in [6.45, 7) is 29.1. The van der Waals surface area contributed by atoms with Crippen molar-refractivity contribution in [3.63, 3.8) is 0 Å². The summed E-state index contributed by atoms with van der Waals surface area (Å²) in [6, 6.07) is 0. The van der Waals surface area contributed by atoms with Crippen molar-refractivity contribution < 1.29 is 43.9 Å². The van der Waals surface area contributed by atoms with Gasteiger partial charge >= 0.3 is 17.9 Å². The molecule has 0 amide bonds. The second-order valence-corrected chi connectivity index (χ2v) is 20.3. The Bertz CT molecular complexity index is 1660. The number of carbonyl (C=O) groups is 3. The van der Waals surface area contributed by atoms with Gasteiger partial charge in [0, 0.05) is 29.1 Å². The minimum atomic E-state index is -1.38. The van der Waals surface area contributed by atoms with Gasteiger partial charge in [-0.1, -0.05) is 76.8 Å². The maximum atomic E-state index is 13.1. The summed E-state index contributed by atoms with van der Waals surface area (Å²) in [5, 5.41) is 36.4. The molecule has 0 radical (unpaired) electrons. The van der Waals surface area contributed by atoms with E-state index in [2.05, 4.69) is 34.6 Å². The van der Waals surface area contributed by atoms with Crippen LogP contribution in [0.3, 0.4) is 0 Å². The van der Waals surface area contributed by atoms with E-state index in [1.165, 1.54) is 18.2 Å². The lowest BCUT2D eigenvalue weighted by Crippen LogP contribution is -2.70. The van der Waals surface area contributed by atoms with E-state index < -0.39 is 63.4 Å². The van der Waals surface area contributed by atoms with Gasteiger partial charge in [0.25, 0.3) is 0 Å². The molecular formula is C46H70O9. The second-order valence-electron chi connectivity index (χ2n) is 20.3. The van der Waals surface area contributed by atoms with Crippen molar-refractivity contribution in [1.29, 1.82) is 0 Å². The number of fused-ring (bicyclic) bond motifs is 3. The van der Waals surface area contributed by atoms with Crippen molar-refractivity contribution in [1.82, 2.24) is 0 Å². The highest BCUT2D eigenvalue weighted by Crippen LogP contribution is 2.77. The lowest BCUT2D eigenvalue weighted by atomic mass is 9.35. The molecule has 0 heterocycles. The molecule has 0 aromatic heterocycles. The fraction of sp³-hybridized carbons (Fsp3) is 0.761. The summed E-state index contributed by atoms with van der Waals surface area (Å²) in [7, 11) is 0. The Balaban J connectivity index is 1.54. The van der Waals surface area contributed by atoms with Crippen LogP contribution in [-0.4, -0.2) is 70.4 Å². The van der Waals surface area contributed by atoms with Gasteiger partial charge in [-0.15, -0.1) is 0 Å². The third kappa shape index (κ3) is 6.80.